The molecule has 0 saturated carbocycles. The summed E-state index contributed by atoms with van der Waals surface area (Å²) in [6.07, 6.45) is 0.730. The van der Waals surface area contributed by atoms with Crippen molar-refractivity contribution >= 4 is 30.3 Å². The Labute approximate surface area is 187 Å². The van der Waals surface area contributed by atoms with Crippen molar-refractivity contribution in [2.24, 2.45) is 15.9 Å². The zero-order valence-electron chi connectivity index (χ0n) is 19.2. The highest BCUT2D eigenvalue weighted by molar-refractivity contribution is 7.65. The van der Waals surface area contributed by atoms with Crippen LogP contribution in [0.25, 0.3) is 0 Å². The van der Waals surface area contributed by atoms with E-state index < -0.39 is 18.8 Å². The maximum atomic E-state index is 13.0. The predicted molar refractivity (Wildman–Crippen MR) is 125 cm³/mol. The fourth-order valence-electron chi connectivity index (χ4n) is 3.72. The van der Waals surface area contributed by atoms with Crippen molar-refractivity contribution in [1.29, 1.82) is 0 Å². The molecule has 2 aromatic rings. The lowest BCUT2D eigenvalue weighted by molar-refractivity contribution is 0.100. The van der Waals surface area contributed by atoms with Crippen LogP contribution in [0.3, 0.4) is 0 Å². The molecule has 10 heteroatoms. The van der Waals surface area contributed by atoms with Crippen LogP contribution in [-0.2, 0) is 16.5 Å². The van der Waals surface area contributed by atoms with Gasteiger partial charge in [-0.1, -0.05) is 41.5 Å². The van der Waals surface area contributed by atoms with Crippen molar-refractivity contribution in [3.8, 4) is 11.6 Å². The molecule has 3 rings (SSSR count). The number of hydrogen-bond acceptors (Lipinski definition) is 5. The molecule has 9 nitrogen and oxygen atoms in total. The Balaban J connectivity index is 2.17. The van der Waals surface area contributed by atoms with Gasteiger partial charge in [-0.05, 0) is 30.0 Å². The molecule has 1 atom stereocenters. The van der Waals surface area contributed by atoms with Gasteiger partial charge in [-0.25, -0.2) is 0 Å². The van der Waals surface area contributed by atoms with E-state index in [9.17, 15) is 24.5 Å². The van der Waals surface area contributed by atoms with Crippen LogP contribution in [0, 0.1) is 5.41 Å². The Morgan fingerprint density at radius 2 is 1.81 bits per heavy atom. The maximum absolute atomic E-state index is 13.0. The van der Waals surface area contributed by atoms with E-state index in [1.807, 2.05) is 20.8 Å². The molecule has 1 aromatic heterocycles. The van der Waals surface area contributed by atoms with E-state index in [0.29, 0.717) is 12.2 Å². The van der Waals surface area contributed by atoms with Gasteiger partial charge in [0, 0.05) is 17.5 Å². The normalized spacial score (nSPS) is 18.7. The van der Waals surface area contributed by atoms with E-state index in [1.165, 1.54) is 18.2 Å². The highest BCUT2D eigenvalue weighted by Gasteiger charge is 2.37. The minimum atomic E-state index is -4.31. The van der Waals surface area contributed by atoms with Gasteiger partial charge in [-0.3, -0.25) is 9.36 Å². The van der Waals surface area contributed by atoms with Crippen LogP contribution in [0.1, 0.15) is 69.6 Å². The zero-order valence-corrected chi connectivity index (χ0v) is 20.1. The van der Waals surface area contributed by atoms with Crippen LogP contribution >= 0.6 is 7.52 Å². The molecule has 1 aliphatic rings. The summed E-state index contributed by atoms with van der Waals surface area (Å²) in [5, 5.41) is 25.0. The SMILES string of the molecule is CC(C)(C)CCn1c(O)c(C2=NP(=O)(O)c3cc(C(N)=O)ccc3N2)c(O)c1C(C)(C)C. The molecule has 0 spiro atoms. The first-order valence-electron chi connectivity index (χ1n) is 10.3. The van der Waals surface area contributed by atoms with Crippen LogP contribution in [0.5, 0.6) is 11.6 Å². The van der Waals surface area contributed by atoms with Gasteiger partial charge in [0.2, 0.25) is 11.8 Å². The van der Waals surface area contributed by atoms with Crippen molar-refractivity contribution < 1.29 is 24.5 Å². The minimum Gasteiger partial charge on any atom is -0.505 e. The summed E-state index contributed by atoms with van der Waals surface area (Å²) < 4.78 is 18.5. The predicted octanol–water partition coefficient (Wildman–Crippen LogP) is 3.41. The number of primary amides is 1. The molecule has 1 amide bonds. The summed E-state index contributed by atoms with van der Waals surface area (Å²) >= 11 is 0. The molecule has 1 aromatic carbocycles. The summed E-state index contributed by atoms with van der Waals surface area (Å²) in [7, 11) is -4.31. The van der Waals surface area contributed by atoms with E-state index in [0.717, 1.165) is 6.42 Å². The van der Waals surface area contributed by atoms with Gasteiger partial charge in [-0.2, -0.15) is 4.76 Å². The Morgan fingerprint density at radius 3 is 2.34 bits per heavy atom. The molecule has 174 valence electrons. The molecule has 0 bridgehead atoms. The summed E-state index contributed by atoms with van der Waals surface area (Å²) in [4.78, 5) is 22.1. The van der Waals surface area contributed by atoms with Crippen molar-refractivity contribution in [1.82, 2.24) is 4.57 Å². The first kappa shape index (κ1) is 23.9. The van der Waals surface area contributed by atoms with Gasteiger partial charge in [0.05, 0.1) is 16.7 Å². The molecule has 0 fully saturated rings. The molecule has 0 radical (unpaired) electrons. The van der Waals surface area contributed by atoms with Crippen LogP contribution in [-0.4, -0.2) is 31.4 Å². The van der Waals surface area contributed by atoms with Gasteiger partial charge >= 0.3 is 7.52 Å². The molecule has 1 aliphatic heterocycles. The molecule has 1 unspecified atom stereocenters. The molecular formula is C22H31N4O5P. The average molecular weight is 462 g/mol. The first-order chi connectivity index (χ1) is 14.5. The van der Waals surface area contributed by atoms with E-state index >= 15 is 0 Å². The number of nitrogens with two attached hydrogens (primary N) is 1. The number of nitrogens with one attached hydrogen (secondary N) is 1. The van der Waals surface area contributed by atoms with Crippen molar-refractivity contribution in [2.45, 2.75) is 59.9 Å². The standard InChI is InChI=1S/C22H31N4O5P/c1-21(2,3)9-10-26-17(22(4,5)6)16(27)15(20(26)29)19-24-13-8-7-12(18(23)28)11-14(13)32(30,31)25-19/h7-8,11,27,29H,9-10H2,1-6H3,(H2,23,28)(H2,24,25,30,31). The molecular weight excluding hydrogens is 431 g/mol. The van der Waals surface area contributed by atoms with Crippen LogP contribution in [0.4, 0.5) is 5.69 Å². The highest BCUT2D eigenvalue weighted by Crippen LogP contribution is 2.49. The zero-order chi connectivity index (χ0) is 24.2. The monoisotopic (exact) mass is 462 g/mol. The number of nitrogens with zero attached hydrogens (tertiary/aromatic N) is 2. The van der Waals surface area contributed by atoms with Gasteiger partial charge < -0.3 is 30.7 Å². The van der Waals surface area contributed by atoms with E-state index in [-0.39, 0.29) is 45.0 Å². The fraction of sp³-hybridized carbons (Fsp3) is 0.455. The largest absolute Gasteiger partial charge is 0.505 e. The van der Waals surface area contributed by atoms with Crippen LogP contribution in [0.2, 0.25) is 0 Å². The number of fused-ring (bicyclic) bond motifs is 1. The lowest BCUT2D eigenvalue weighted by Gasteiger charge is -2.25. The smallest absolute Gasteiger partial charge is 0.346 e. The number of amidine groups is 1. The number of rotatable bonds is 4. The number of hydrogen-bond donors (Lipinski definition) is 5. The van der Waals surface area contributed by atoms with Gasteiger partial charge in [0.15, 0.2) is 11.6 Å². The van der Waals surface area contributed by atoms with E-state index in [2.05, 4.69) is 30.9 Å². The van der Waals surface area contributed by atoms with Crippen LogP contribution in [0.15, 0.2) is 23.0 Å². The highest BCUT2D eigenvalue weighted by atomic mass is 31.2. The molecule has 0 aliphatic carbocycles. The van der Waals surface area contributed by atoms with Gasteiger partial charge in [-0.15, -0.1) is 0 Å². The number of amides is 1. The van der Waals surface area contributed by atoms with Gasteiger partial charge in [0.25, 0.3) is 0 Å². The quantitative estimate of drug-likeness (QED) is 0.439. The molecule has 2 heterocycles. The lowest BCUT2D eigenvalue weighted by Crippen LogP contribution is -2.26. The number of aromatic hydroxyl groups is 2. The number of aromatic nitrogens is 1. The Hall–Kier alpha value is -2.77. The topological polar surface area (TPSA) is 150 Å². The molecule has 32 heavy (non-hydrogen) atoms. The molecule has 0 saturated heterocycles. The second-order valence-electron chi connectivity index (χ2n) is 10.3. The third-order valence-corrected chi connectivity index (χ3v) is 6.80. The summed E-state index contributed by atoms with van der Waals surface area (Å²) in [5.74, 6) is -1.29. The van der Waals surface area contributed by atoms with E-state index in [1.54, 1.807) is 4.57 Å². The summed E-state index contributed by atoms with van der Waals surface area (Å²) in [5.41, 5.74) is 5.52. The summed E-state index contributed by atoms with van der Waals surface area (Å²) in [6, 6.07) is 4.09. The molecule has 6 N–H and O–H groups in total. The van der Waals surface area contributed by atoms with Crippen molar-refractivity contribution in [2.75, 3.05) is 5.32 Å². The number of carbonyl (C=O) groups excluding carboxylic acids is 1. The van der Waals surface area contributed by atoms with Crippen molar-refractivity contribution in [3.63, 3.8) is 0 Å². The Bertz CT molecular complexity index is 1170. The van der Waals surface area contributed by atoms with Gasteiger partial charge in [0.1, 0.15) is 5.56 Å². The maximum Gasteiger partial charge on any atom is 0.346 e. The summed E-state index contributed by atoms with van der Waals surface area (Å²) in [6.45, 7) is 12.4. The third-order valence-electron chi connectivity index (χ3n) is 5.33. The minimum absolute atomic E-state index is 0.0138. The van der Waals surface area contributed by atoms with Crippen molar-refractivity contribution in [3.05, 3.63) is 35.0 Å². The van der Waals surface area contributed by atoms with Crippen LogP contribution < -0.4 is 16.4 Å². The third kappa shape index (κ3) is 4.40. The first-order valence-corrected chi connectivity index (χ1v) is 11.9. The number of benzene rings is 1. The lowest BCUT2D eigenvalue weighted by atomic mass is 9.89. The number of carbonyl (C=O) groups is 1. The fourth-order valence-corrected chi connectivity index (χ4v) is 5.00. The Kier molecular flexibility index (Phi) is 5.73. The Morgan fingerprint density at radius 1 is 1.19 bits per heavy atom. The second kappa shape index (κ2) is 7.67. The number of anilines is 1. The van der Waals surface area contributed by atoms with E-state index in [4.69, 9.17) is 5.73 Å². The average Bonchev–Trinajstić information content (AvgIpc) is 2.88. The second-order valence-corrected chi connectivity index (χ2v) is 12.1.